The van der Waals surface area contributed by atoms with Crippen LogP contribution in [0, 0.1) is 0 Å². The van der Waals surface area contributed by atoms with Crippen LogP contribution < -0.4 is 10.1 Å². The molecule has 0 aromatic heterocycles. The minimum atomic E-state index is -0.458. The van der Waals surface area contributed by atoms with Crippen molar-refractivity contribution in [2.24, 2.45) is 0 Å². The minimum absolute atomic E-state index is 0.253. The number of rotatable bonds is 7. The van der Waals surface area contributed by atoms with Crippen LogP contribution in [0.2, 0.25) is 0 Å². The highest BCUT2D eigenvalue weighted by atomic mass is 16.6. The van der Waals surface area contributed by atoms with E-state index in [1.165, 1.54) is 0 Å². The van der Waals surface area contributed by atoms with Crippen LogP contribution in [0.25, 0.3) is 0 Å². The number of nitrogens with one attached hydrogen (secondary N) is 1. The normalized spacial score (nSPS) is 19.7. The number of hydrogen-bond acceptors (Lipinski definition) is 4. The number of para-hydroxylation sites is 1. The van der Waals surface area contributed by atoms with Gasteiger partial charge in [0.05, 0.1) is 6.61 Å². The van der Waals surface area contributed by atoms with Gasteiger partial charge in [0.1, 0.15) is 5.75 Å². The fourth-order valence-corrected chi connectivity index (χ4v) is 2.41. The van der Waals surface area contributed by atoms with E-state index in [0.717, 1.165) is 30.7 Å². The molecule has 1 N–H and O–H groups in total. The molecule has 1 aliphatic heterocycles. The molecule has 110 valence electrons. The molecule has 0 saturated carbocycles. The molecule has 0 bridgehead atoms. The van der Waals surface area contributed by atoms with Gasteiger partial charge in [-0.1, -0.05) is 32.0 Å². The largest absolute Gasteiger partial charge is 0.478 e. The van der Waals surface area contributed by atoms with Crippen molar-refractivity contribution in [3.63, 3.8) is 0 Å². The fraction of sp³-hybridized carbons (Fsp3) is 0.562. The van der Waals surface area contributed by atoms with E-state index < -0.39 is 6.10 Å². The molecule has 0 spiro atoms. The predicted molar refractivity (Wildman–Crippen MR) is 77.8 cm³/mol. The Balaban J connectivity index is 2.13. The van der Waals surface area contributed by atoms with Crippen molar-refractivity contribution in [1.29, 1.82) is 0 Å². The number of ether oxygens (including phenoxy) is 2. The van der Waals surface area contributed by atoms with Crippen LogP contribution in [-0.4, -0.2) is 25.2 Å². The van der Waals surface area contributed by atoms with E-state index in [0.29, 0.717) is 13.0 Å². The van der Waals surface area contributed by atoms with Gasteiger partial charge in [-0.25, -0.2) is 4.79 Å². The summed E-state index contributed by atoms with van der Waals surface area (Å²) in [6, 6.07) is 8.18. The lowest BCUT2D eigenvalue weighted by Gasteiger charge is -2.21. The van der Waals surface area contributed by atoms with Crippen molar-refractivity contribution in [3.05, 3.63) is 29.8 Å². The monoisotopic (exact) mass is 277 g/mol. The summed E-state index contributed by atoms with van der Waals surface area (Å²) < 4.78 is 10.8. The first-order valence-corrected chi connectivity index (χ1v) is 7.41. The first-order chi connectivity index (χ1) is 9.76. The van der Waals surface area contributed by atoms with Crippen LogP contribution >= 0.6 is 0 Å². The molecule has 0 aliphatic carbocycles. The average molecular weight is 277 g/mol. The molecule has 2 unspecified atom stereocenters. The topological polar surface area (TPSA) is 47.6 Å². The zero-order valence-electron chi connectivity index (χ0n) is 12.2. The van der Waals surface area contributed by atoms with Gasteiger partial charge in [-0.05, 0) is 25.5 Å². The molecule has 1 saturated heterocycles. The third kappa shape index (κ3) is 3.51. The number of esters is 1. The molecule has 0 radical (unpaired) electrons. The van der Waals surface area contributed by atoms with Gasteiger partial charge in [0.2, 0.25) is 0 Å². The predicted octanol–water partition coefficient (Wildman–Crippen LogP) is 2.83. The van der Waals surface area contributed by atoms with E-state index in [1.807, 2.05) is 18.2 Å². The van der Waals surface area contributed by atoms with Crippen molar-refractivity contribution in [3.8, 4) is 5.75 Å². The van der Waals surface area contributed by atoms with E-state index in [2.05, 4.69) is 25.2 Å². The summed E-state index contributed by atoms with van der Waals surface area (Å²) in [5.41, 5.74) is 1.11. The van der Waals surface area contributed by atoms with E-state index in [-0.39, 0.29) is 12.0 Å². The number of cyclic esters (lactones) is 1. The molecule has 20 heavy (non-hydrogen) atoms. The summed E-state index contributed by atoms with van der Waals surface area (Å²) >= 11 is 0. The second-order valence-electron chi connectivity index (χ2n) is 5.02. The molecule has 0 amide bonds. The maximum absolute atomic E-state index is 11.5. The Morgan fingerprint density at radius 1 is 1.40 bits per heavy atom. The molecular weight excluding hydrogens is 254 g/mol. The Kier molecular flexibility index (Phi) is 5.41. The fourth-order valence-electron chi connectivity index (χ4n) is 2.41. The summed E-state index contributed by atoms with van der Waals surface area (Å²) in [7, 11) is 0. The van der Waals surface area contributed by atoms with E-state index in [4.69, 9.17) is 9.47 Å². The molecule has 2 rings (SSSR count). The molecule has 1 fully saturated rings. The molecule has 4 heteroatoms. The molecule has 1 aliphatic rings. The van der Waals surface area contributed by atoms with E-state index in [1.54, 1.807) is 0 Å². The van der Waals surface area contributed by atoms with Crippen molar-refractivity contribution in [1.82, 2.24) is 5.32 Å². The number of carbonyl (C=O) groups is 1. The van der Waals surface area contributed by atoms with Crippen LogP contribution in [0.15, 0.2) is 24.3 Å². The smallest absolute Gasteiger partial charge is 0.347 e. The quantitative estimate of drug-likeness (QED) is 0.779. The van der Waals surface area contributed by atoms with Crippen molar-refractivity contribution in [2.75, 3.05) is 13.2 Å². The van der Waals surface area contributed by atoms with Gasteiger partial charge in [-0.2, -0.15) is 0 Å². The van der Waals surface area contributed by atoms with Gasteiger partial charge in [-0.3, -0.25) is 0 Å². The van der Waals surface area contributed by atoms with Gasteiger partial charge in [0, 0.05) is 18.0 Å². The summed E-state index contributed by atoms with van der Waals surface area (Å²) in [6.07, 6.45) is 2.25. The number of hydrogen-bond donors (Lipinski definition) is 1. The second-order valence-corrected chi connectivity index (χ2v) is 5.02. The highest BCUT2D eigenvalue weighted by molar-refractivity contribution is 5.76. The molecule has 1 heterocycles. The third-order valence-corrected chi connectivity index (χ3v) is 3.50. The highest BCUT2D eigenvalue weighted by Gasteiger charge is 2.29. The molecule has 2 atom stereocenters. The zero-order chi connectivity index (χ0) is 14.4. The number of benzene rings is 1. The Bertz CT molecular complexity index is 447. The average Bonchev–Trinajstić information content (AvgIpc) is 2.87. The molecule has 1 aromatic carbocycles. The van der Waals surface area contributed by atoms with Crippen molar-refractivity contribution >= 4 is 5.97 Å². The maximum Gasteiger partial charge on any atom is 0.347 e. The van der Waals surface area contributed by atoms with Crippen LogP contribution in [-0.2, 0) is 9.53 Å². The van der Waals surface area contributed by atoms with E-state index >= 15 is 0 Å². The summed E-state index contributed by atoms with van der Waals surface area (Å²) in [4.78, 5) is 11.5. The lowest BCUT2D eigenvalue weighted by molar-refractivity contribution is -0.143. The Morgan fingerprint density at radius 2 is 2.20 bits per heavy atom. The molecule has 4 nitrogen and oxygen atoms in total. The van der Waals surface area contributed by atoms with Crippen LogP contribution in [0.4, 0.5) is 0 Å². The first-order valence-electron chi connectivity index (χ1n) is 7.41. The standard InChI is InChI=1S/C16H23NO3/c1-3-10-17-13(4-2)12-7-5-6-8-14(12)20-15-9-11-19-16(15)18/h5-8,13,15,17H,3-4,9-11H2,1-2H3. The summed E-state index contributed by atoms with van der Waals surface area (Å²) in [5, 5.41) is 3.52. The highest BCUT2D eigenvalue weighted by Crippen LogP contribution is 2.29. The van der Waals surface area contributed by atoms with E-state index in [9.17, 15) is 4.79 Å². The van der Waals surface area contributed by atoms with Gasteiger partial charge < -0.3 is 14.8 Å². The second kappa shape index (κ2) is 7.29. The minimum Gasteiger partial charge on any atom is -0.478 e. The third-order valence-electron chi connectivity index (χ3n) is 3.50. The van der Waals surface area contributed by atoms with Gasteiger partial charge in [0.25, 0.3) is 0 Å². The Labute approximate surface area is 120 Å². The van der Waals surface area contributed by atoms with Gasteiger partial charge >= 0.3 is 5.97 Å². The first kappa shape index (κ1) is 14.9. The van der Waals surface area contributed by atoms with Gasteiger partial charge in [-0.15, -0.1) is 0 Å². The van der Waals surface area contributed by atoms with Crippen LogP contribution in [0.3, 0.4) is 0 Å². The Morgan fingerprint density at radius 3 is 2.85 bits per heavy atom. The van der Waals surface area contributed by atoms with Crippen molar-refractivity contribution < 1.29 is 14.3 Å². The summed E-state index contributed by atoms with van der Waals surface area (Å²) in [5.74, 6) is 0.529. The van der Waals surface area contributed by atoms with Gasteiger partial charge in [0.15, 0.2) is 6.10 Å². The maximum atomic E-state index is 11.5. The van der Waals surface area contributed by atoms with Crippen LogP contribution in [0.5, 0.6) is 5.75 Å². The zero-order valence-corrected chi connectivity index (χ0v) is 12.2. The Hall–Kier alpha value is -1.55. The lowest BCUT2D eigenvalue weighted by atomic mass is 10.0. The summed E-state index contributed by atoms with van der Waals surface area (Å²) in [6.45, 7) is 5.72. The molecular formula is C16H23NO3. The lowest BCUT2D eigenvalue weighted by Crippen LogP contribution is -2.25. The number of carbonyl (C=O) groups excluding carboxylic acids is 1. The van der Waals surface area contributed by atoms with Crippen molar-refractivity contribution in [2.45, 2.75) is 45.3 Å². The SMILES string of the molecule is CCCNC(CC)c1ccccc1OC1CCOC1=O. The molecule has 1 aromatic rings. The van der Waals surface area contributed by atoms with Crippen LogP contribution in [0.1, 0.15) is 44.7 Å².